The molecular formula is C14H15FN2O. The quantitative estimate of drug-likeness (QED) is 0.817. The third-order valence-electron chi connectivity index (χ3n) is 3.46. The van der Waals surface area contributed by atoms with E-state index in [1.54, 1.807) is 24.1 Å². The van der Waals surface area contributed by atoms with Crippen LogP contribution in [0.15, 0.2) is 24.3 Å². The lowest BCUT2D eigenvalue weighted by atomic mass is 9.94. The molecule has 0 atom stereocenters. The molecule has 1 aromatic carbocycles. The lowest BCUT2D eigenvalue weighted by Gasteiger charge is -2.23. The van der Waals surface area contributed by atoms with Gasteiger partial charge in [-0.1, -0.05) is 12.1 Å². The van der Waals surface area contributed by atoms with Gasteiger partial charge in [0.05, 0.1) is 17.9 Å². The fourth-order valence-corrected chi connectivity index (χ4v) is 2.20. The maximum atomic E-state index is 12.9. The van der Waals surface area contributed by atoms with Crippen LogP contribution in [0, 0.1) is 17.1 Å². The predicted octanol–water partition coefficient (Wildman–Crippen LogP) is 2.23. The van der Waals surface area contributed by atoms with Gasteiger partial charge in [0.15, 0.2) is 0 Å². The van der Waals surface area contributed by atoms with Gasteiger partial charge in [0.1, 0.15) is 5.82 Å². The first kappa shape index (κ1) is 12.6. The fraction of sp³-hybridized carbons (Fsp3) is 0.429. The molecule has 1 fully saturated rings. The van der Waals surface area contributed by atoms with Crippen molar-refractivity contribution in [2.45, 2.75) is 24.7 Å². The zero-order valence-electron chi connectivity index (χ0n) is 10.3. The van der Waals surface area contributed by atoms with E-state index in [9.17, 15) is 9.18 Å². The molecule has 1 aliphatic carbocycles. The summed E-state index contributed by atoms with van der Waals surface area (Å²) >= 11 is 0. The molecule has 0 unspecified atom stereocenters. The standard InChI is InChI=1S/C14H15FN2O/c1-17(10-2-9-16)13(18)14(7-8-14)11-3-5-12(15)6-4-11/h3-6H,2,7-8,10H2,1H3. The summed E-state index contributed by atoms with van der Waals surface area (Å²) in [7, 11) is 1.71. The molecule has 0 spiro atoms. The molecule has 2 rings (SSSR count). The molecule has 0 bridgehead atoms. The third kappa shape index (κ3) is 2.21. The molecular weight excluding hydrogens is 231 g/mol. The van der Waals surface area contributed by atoms with Crippen LogP contribution in [-0.2, 0) is 10.2 Å². The second-order valence-electron chi connectivity index (χ2n) is 4.72. The zero-order chi connectivity index (χ0) is 13.2. The van der Waals surface area contributed by atoms with Gasteiger partial charge in [-0.15, -0.1) is 0 Å². The van der Waals surface area contributed by atoms with Gasteiger partial charge in [0.25, 0.3) is 0 Å². The summed E-state index contributed by atoms with van der Waals surface area (Å²) in [5, 5.41) is 8.53. The summed E-state index contributed by atoms with van der Waals surface area (Å²) < 4.78 is 12.9. The number of carbonyl (C=O) groups excluding carboxylic acids is 1. The van der Waals surface area contributed by atoms with Crippen LogP contribution in [0.2, 0.25) is 0 Å². The molecule has 0 saturated heterocycles. The topological polar surface area (TPSA) is 44.1 Å². The maximum Gasteiger partial charge on any atom is 0.232 e. The van der Waals surface area contributed by atoms with Crippen LogP contribution in [0.4, 0.5) is 4.39 Å². The molecule has 1 amide bonds. The molecule has 1 aromatic rings. The highest BCUT2D eigenvalue weighted by molar-refractivity contribution is 5.91. The van der Waals surface area contributed by atoms with E-state index < -0.39 is 5.41 Å². The van der Waals surface area contributed by atoms with Crippen LogP contribution in [0.5, 0.6) is 0 Å². The Balaban J connectivity index is 2.14. The van der Waals surface area contributed by atoms with Gasteiger partial charge in [0.2, 0.25) is 5.91 Å². The second kappa shape index (κ2) is 4.77. The predicted molar refractivity (Wildman–Crippen MR) is 65.2 cm³/mol. The Morgan fingerprint density at radius 1 is 1.44 bits per heavy atom. The van der Waals surface area contributed by atoms with Gasteiger partial charge in [-0.25, -0.2) is 4.39 Å². The highest BCUT2D eigenvalue weighted by atomic mass is 19.1. The van der Waals surface area contributed by atoms with E-state index in [1.807, 2.05) is 6.07 Å². The van der Waals surface area contributed by atoms with E-state index >= 15 is 0 Å². The number of nitriles is 1. The number of hydrogen-bond donors (Lipinski definition) is 0. The number of halogens is 1. The van der Waals surface area contributed by atoms with Crippen molar-refractivity contribution >= 4 is 5.91 Å². The first-order chi connectivity index (χ1) is 8.60. The summed E-state index contributed by atoms with van der Waals surface area (Å²) in [6.45, 7) is 0.443. The van der Waals surface area contributed by atoms with Gasteiger partial charge >= 0.3 is 0 Å². The Morgan fingerprint density at radius 2 is 2.06 bits per heavy atom. The lowest BCUT2D eigenvalue weighted by Crippen LogP contribution is -2.37. The van der Waals surface area contributed by atoms with Crippen molar-refractivity contribution in [3.05, 3.63) is 35.6 Å². The van der Waals surface area contributed by atoms with Gasteiger partial charge < -0.3 is 4.90 Å². The van der Waals surface area contributed by atoms with Crippen molar-refractivity contribution in [1.29, 1.82) is 5.26 Å². The molecule has 94 valence electrons. The first-order valence-electron chi connectivity index (χ1n) is 5.99. The van der Waals surface area contributed by atoms with Crippen LogP contribution in [-0.4, -0.2) is 24.4 Å². The number of amides is 1. The Kier molecular flexibility index (Phi) is 3.33. The lowest BCUT2D eigenvalue weighted by molar-refractivity contribution is -0.132. The minimum atomic E-state index is -0.474. The minimum Gasteiger partial charge on any atom is -0.344 e. The van der Waals surface area contributed by atoms with E-state index in [0.717, 1.165) is 18.4 Å². The zero-order valence-corrected chi connectivity index (χ0v) is 10.3. The largest absolute Gasteiger partial charge is 0.344 e. The van der Waals surface area contributed by atoms with Crippen LogP contribution in [0.25, 0.3) is 0 Å². The van der Waals surface area contributed by atoms with Crippen molar-refractivity contribution in [3.8, 4) is 6.07 Å². The van der Waals surface area contributed by atoms with Gasteiger partial charge in [-0.3, -0.25) is 4.79 Å². The highest BCUT2D eigenvalue weighted by Gasteiger charge is 2.52. The number of nitrogens with zero attached hydrogens (tertiary/aromatic N) is 2. The average Bonchev–Trinajstić information content (AvgIpc) is 3.17. The van der Waals surface area contributed by atoms with Crippen LogP contribution < -0.4 is 0 Å². The molecule has 0 N–H and O–H groups in total. The number of carbonyl (C=O) groups is 1. The summed E-state index contributed by atoms with van der Waals surface area (Å²) in [5.74, 6) is -0.260. The highest BCUT2D eigenvalue weighted by Crippen LogP contribution is 2.49. The SMILES string of the molecule is CN(CCC#N)C(=O)C1(c2ccc(F)cc2)CC1. The van der Waals surface area contributed by atoms with Crippen molar-refractivity contribution in [2.75, 3.05) is 13.6 Å². The molecule has 1 saturated carbocycles. The Hall–Kier alpha value is -1.89. The van der Waals surface area contributed by atoms with E-state index in [2.05, 4.69) is 0 Å². The summed E-state index contributed by atoms with van der Waals surface area (Å²) in [6, 6.07) is 8.16. The van der Waals surface area contributed by atoms with Gasteiger partial charge in [0, 0.05) is 13.6 Å². The van der Waals surface area contributed by atoms with Gasteiger partial charge in [-0.2, -0.15) is 5.26 Å². The molecule has 0 aromatic heterocycles. The Morgan fingerprint density at radius 3 is 2.56 bits per heavy atom. The monoisotopic (exact) mass is 246 g/mol. The minimum absolute atomic E-state index is 0.0318. The van der Waals surface area contributed by atoms with Crippen molar-refractivity contribution in [1.82, 2.24) is 4.90 Å². The molecule has 0 radical (unpaired) electrons. The normalized spacial score (nSPS) is 15.8. The number of rotatable bonds is 4. The summed E-state index contributed by atoms with van der Waals surface area (Å²) in [6.07, 6.45) is 1.93. The van der Waals surface area contributed by atoms with E-state index in [-0.39, 0.29) is 11.7 Å². The molecule has 0 heterocycles. The van der Waals surface area contributed by atoms with E-state index in [4.69, 9.17) is 5.26 Å². The summed E-state index contributed by atoms with van der Waals surface area (Å²) in [5.41, 5.74) is 0.399. The Bertz CT molecular complexity index is 486. The van der Waals surface area contributed by atoms with Crippen molar-refractivity contribution < 1.29 is 9.18 Å². The summed E-state index contributed by atoms with van der Waals surface area (Å²) in [4.78, 5) is 13.9. The third-order valence-corrected chi connectivity index (χ3v) is 3.46. The van der Waals surface area contributed by atoms with E-state index in [0.29, 0.717) is 13.0 Å². The number of hydrogen-bond acceptors (Lipinski definition) is 2. The molecule has 18 heavy (non-hydrogen) atoms. The molecule has 1 aliphatic rings. The van der Waals surface area contributed by atoms with Crippen LogP contribution in [0.3, 0.4) is 0 Å². The van der Waals surface area contributed by atoms with Gasteiger partial charge in [-0.05, 0) is 30.5 Å². The Labute approximate surface area is 106 Å². The first-order valence-corrected chi connectivity index (χ1v) is 5.99. The maximum absolute atomic E-state index is 12.9. The van der Waals surface area contributed by atoms with Crippen molar-refractivity contribution in [3.63, 3.8) is 0 Å². The van der Waals surface area contributed by atoms with Crippen LogP contribution >= 0.6 is 0 Å². The second-order valence-corrected chi connectivity index (χ2v) is 4.72. The van der Waals surface area contributed by atoms with Crippen LogP contribution in [0.1, 0.15) is 24.8 Å². The number of benzene rings is 1. The molecule has 3 nitrogen and oxygen atoms in total. The number of likely N-dealkylation sites (N-methyl/N-ethyl adjacent to an activating group) is 1. The molecule has 4 heteroatoms. The molecule has 0 aliphatic heterocycles. The average molecular weight is 246 g/mol. The fourth-order valence-electron chi connectivity index (χ4n) is 2.20. The smallest absolute Gasteiger partial charge is 0.232 e. The van der Waals surface area contributed by atoms with E-state index in [1.165, 1.54) is 12.1 Å². The van der Waals surface area contributed by atoms with Crippen molar-refractivity contribution in [2.24, 2.45) is 0 Å².